The summed E-state index contributed by atoms with van der Waals surface area (Å²) >= 11 is 0. The Morgan fingerprint density at radius 3 is 1.44 bits per heavy atom. The largest absolute Gasteiger partial charge is 0.464 e. The molecule has 0 saturated carbocycles. The fourth-order valence-electron chi connectivity index (χ4n) is 3.45. The number of rotatable bonds is 21. The number of aliphatic hydroxyl groups is 1. The monoisotopic (exact) mass is 384 g/mol. The van der Waals surface area contributed by atoms with E-state index < -0.39 is 12.1 Å². The first-order valence-electron chi connectivity index (χ1n) is 12.1. The van der Waals surface area contributed by atoms with Gasteiger partial charge in [-0.3, -0.25) is 0 Å². The number of esters is 1. The van der Waals surface area contributed by atoms with E-state index in [-0.39, 0.29) is 0 Å². The van der Waals surface area contributed by atoms with Crippen LogP contribution in [-0.2, 0) is 9.53 Å². The van der Waals surface area contributed by atoms with Gasteiger partial charge in [-0.15, -0.1) is 0 Å². The summed E-state index contributed by atoms with van der Waals surface area (Å²) in [5.41, 5.74) is 0. The van der Waals surface area contributed by atoms with Gasteiger partial charge in [-0.1, -0.05) is 123 Å². The molecule has 0 aliphatic carbocycles. The number of hydrogen-bond acceptors (Lipinski definition) is 3. The molecule has 0 aliphatic heterocycles. The van der Waals surface area contributed by atoms with Crippen molar-refractivity contribution >= 4 is 5.97 Å². The van der Waals surface area contributed by atoms with Gasteiger partial charge >= 0.3 is 5.97 Å². The van der Waals surface area contributed by atoms with E-state index in [0.717, 1.165) is 25.7 Å². The highest BCUT2D eigenvalue weighted by molar-refractivity contribution is 5.74. The second-order valence-electron chi connectivity index (χ2n) is 8.13. The van der Waals surface area contributed by atoms with Gasteiger partial charge in [0.15, 0.2) is 6.10 Å². The molecule has 0 aromatic carbocycles. The highest BCUT2D eigenvalue weighted by Crippen LogP contribution is 2.14. The first-order valence-corrected chi connectivity index (χ1v) is 12.1. The summed E-state index contributed by atoms with van der Waals surface area (Å²) in [7, 11) is 0. The van der Waals surface area contributed by atoms with Gasteiger partial charge in [0.2, 0.25) is 0 Å². The predicted octanol–water partition coefficient (Wildman–Crippen LogP) is 7.34. The maximum absolute atomic E-state index is 11.7. The quantitative estimate of drug-likeness (QED) is 0.166. The third-order valence-corrected chi connectivity index (χ3v) is 5.35. The van der Waals surface area contributed by atoms with Gasteiger partial charge in [0, 0.05) is 0 Å². The van der Waals surface area contributed by atoms with Crippen molar-refractivity contribution in [2.45, 2.75) is 142 Å². The van der Waals surface area contributed by atoms with Gasteiger partial charge < -0.3 is 9.84 Å². The standard InChI is InChI=1S/C24H48O3/c1-3-5-7-9-10-11-12-13-14-15-16-17-18-19-21-23(25)24(26)27-22-20-8-6-4-2/h23,25H,3-22H2,1-2H3. The van der Waals surface area contributed by atoms with Gasteiger partial charge in [-0.2, -0.15) is 0 Å². The summed E-state index contributed by atoms with van der Waals surface area (Å²) in [6.45, 7) is 4.88. The third kappa shape index (κ3) is 20.0. The zero-order valence-electron chi connectivity index (χ0n) is 18.5. The molecule has 0 rings (SSSR count). The Kier molecular flexibility index (Phi) is 21.3. The Balaban J connectivity index is 3.25. The SMILES string of the molecule is CCCCCCCCCCCCCCCCC(O)C(=O)OCCCCCC. The van der Waals surface area contributed by atoms with Crippen LogP contribution in [0.25, 0.3) is 0 Å². The molecule has 1 unspecified atom stereocenters. The van der Waals surface area contributed by atoms with Crippen LogP contribution in [0.3, 0.4) is 0 Å². The average Bonchev–Trinajstić information content (AvgIpc) is 2.67. The molecule has 162 valence electrons. The van der Waals surface area contributed by atoms with E-state index >= 15 is 0 Å². The smallest absolute Gasteiger partial charge is 0.334 e. The molecule has 0 spiro atoms. The molecule has 0 radical (unpaired) electrons. The van der Waals surface area contributed by atoms with E-state index in [1.165, 1.54) is 89.9 Å². The normalized spacial score (nSPS) is 12.3. The molecular weight excluding hydrogens is 336 g/mol. The van der Waals surface area contributed by atoms with Crippen LogP contribution in [0.2, 0.25) is 0 Å². The van der Waals surface area contributed by atoms with Crippen molar-refractivity contribution in [3.63, 3.8) is 0 Å². The van der Waals surface area contributed by atoms with Gasteiger partial charge in [-0.25, -0.2) is 4.79 Å². The Morgan fingerprint density at radius 2 is 1.00 bits per heavy atom. The van der Waals surface area contributed by atoms with E-state index in [4.69, 9.17) is 4.74 Å². The molecular formula is C24H48O3. The van der Waals surface area contributed by atoms with Crippen LogP contribution in [0, 0.1) is 0 Å². The zero-order valence-corrected chi connectivity index (χ0v) is 18.5. The van der Waals surface area contributed by atoms with Crippen LogP contribution in [0.5, 0.6) is 0 Å². The van der Waals surface area contributed by atoms with E-state index in [0.29, 0.717) is 13.0 Å². The summed E-state index contributed by atoms with van der Waals surface area (Å²) < 4.78 is 5.13. The lowest BCUT2D eigenvalue weighted by Gasteiger charge is -2.10. The minimum atomic E-state index is -0.923. The summed E-state index contributed by atoms with van der Waals surface area (Å²) in [5.74, 6) is -0.429. The summed E-state index contributed by atoms with van der Waals surface area (Å²) in [4.78, 5) is 11.7. The predicted molar refractivity (Wildman–Crippen MR) is 116 cm³/mol. The first kappa shape index (κ1) is 26.4. The molecule has 0 bridgehead atoms. The Hall–Kier alpha value is -0.570. The minimum absolute atomic E-state index is 0.429. The van der Waals surface area contributed by atoms with E-state index in [9.17, 15) is 9.90 Å². The average molecular weight is 385 g/mol. The van der Waals surface area contributed by atoms with Crippen molar-refractivity contribution in [1.29, 1.82) is 0 Å². The maximum atomic E-state index is 11.7. The lowest BCUT2D eigenvalue weighted by Crippen LogP contribution is -2.23. The van der Waals surface area contributed by atoms with Crippen molar-refractivity contribution in [2.75, 3.05) is 6.61 Å². The number of aliphatic hydroxyl groups excluding tert-OH is 1. The zero-order chi connectivity index (χ0) is 20.0. The van der Waals surface area contributed by atoms with Crippen LogP contribution in [0.4, 0.5) is 0 Å². The van der Waals surface area contributed by atoms with Crippen molar-refractivity contribution in [3.05, 3.63) is 0 Å². The molecule has 0 aromatic heterocycles. The van der Waals surface area contributed by atoms with Crippen LogP contribution >= 0.6 is 0 Å². The van der Waals surface area contributed by atoms with Crippen LogP contribution in [0.15, 0.2) is 0 Å². The molecule has 3 nitrogen and oxygen atoms in total. The molecule has 0 saturated heterocycles. The summed E-state index contributed by atoms with van der Waals surface area (Å²) in [5, 5.41) is 9.84. The molecule has 0 amide bonds. The summed E-state index contributed by atoms with van der Waals surface area (Å²) in [6.07, 6.45) is 22.4. The molecule has 0 aromatic rings. The topological polar surface area (TPSA) is 46.5 Å². The van der Waals surface area contributed by atoms with Crippen molar-refractivity contribution in [3.8, 4) is 0 Å². The number of unbranched alkanes of at least 4 members (excludes halogenated alkanes) is 16. The fourth-order valence-corrected chi connectivity index (χ4v) is 3.45. The van der Waals surface area contributed by atoms with Crippen LogP contribution in [-0.4, -0.2) is 23.8 Å². The number of hydrogen-bond donors (Lipinski definition) is 1. The minimum Gasteiger partial charge on any atom is -0.464 e. The van der Waals surface area contributed by atoms with Crippen LogP contribution < -0.4 is 0 Å². The van der Waals surface area contributed by atoms with E-state index in [2.05, 4.69) is 13.8 Å². The Morgan fingerprint density at radius 1 is 0.630 bits per heavy atom. The van der Waals surface area contributed by atoms with Crippen molar-refractivity contribution < 1.29 is 14.6 Å². The lowest BCUT2D eigenvalue weighted by molar-refractivity contribution is -0.154. The van der Waals surface area contributed by atoms with E-state index in [1.807, 2.05) is 0 Å². The first-order chi connectivity index (χ1) is 13.2. The summed E-state index contributed by atoms with van der Waals surface area (Å²) in [6, 6.07) is 0. The number of carbonyl (C=O) groups excluding carboxylic acids is 1. The highest BCUT2D eigenvalue weighted by Gasteiger charge is 2.15. The second kappa shape index (κ2) is 21.7. The highest BCUT2D eigenvalue weighted by atomic mass is 16.5. The molecule has 3 heteroatoms. The number of carbonyl (C=O) groups is 1. The Bertz CT molecular complexity index is 304. The second-order valence-corrected chi connectivity index (χ2v) is 8.13. The van der Waals surface area contributed by atoms with Crippen molar-refractivity contribution in [2.24, 2.45) is 0 Å². The number of ether oxygens (including phenoxy) is 1. The molecule has 1 atom stereocenters. The lowest BCUT2D eigenvalue weighted by atomic mass is 10.0. The Labute approximate surface area is 169 Å². The maximum Gasteiger partial charge on any atom is 0.334 e. The van der Waals surface area contributed by atoms with E-state index in [1.54, 1.807) is 0 Å². The molecule has 27 heavy (non-hydrogen) atoms. The van der Waals surface area contributed by atoms with Gasteiger partial charge in [0.05, 0.1) is 6.61 Å². The molecule has 0 fully saturated rings. The van der Waals surface area contributed by atoms with Crippen LogP contribution in [0.1, 0.15) is 136 Å². The van der Waals surface area contributed by atoms with Gasteiger partial charge in [0.25, 0.3) is 0 Å². The molecule has 1 N–H and O–H groups in total. The fraction of sp³-hybridized carbons (Fsp3) is 0.958. The third-order valence-electron chi connectivity index (χ3n) is 5.35. The van der Waals surface area contributed by atoms with Crippen molar-refractivity contribution in [1.82, 2.24) is 0 Å². The van der Waals surface area contributed by atoms with Gasteiger partial charge in [-0.05, 0) is 12.8 Å². The van der Waals surface area contributed by atoms with Gasteiger partial charge in [0.1, 0.15) is 0 Å². The molecule has 0 aliphatic rings. The molecule has 0 heterocycles.